The summed E-state index contributed by atoms with van der Waals surface area (Å²) in [6.45, 7) is 0.815. The molecule has 3 aliphatic rings. The minimum Gasteiger partial charge on any atom is -0.391 e. The summed E-state index contributed by atoms with van der Waals surface area (Å²) in [6.07, 6.45) is -0.265. The molecule has 6 atom stereocenters. The van der Waals surface area contributed by atoms with E-state index in [1.165, 1.54) is 0 Å². The molecule has 2 saturated carbocycles. The number of carbonyl (C=O) groups excluding carboxylic acids is 1. The Kier molecular flexibility index (Phi) is 5.64. The van der Waals surface area contributed by atoms with E-state index < -0.39 is 41.0 Å². The van der Waals surface area contributed by atoms with E-state index in [4.69, 9.17) is 4.74 Å². The molecule has 0 spiro atoms. The molecule has 144 valence electrons. The average molecular weight is 379 g/mol. The molecule has 6 unspecified atom stereocenters. The van der Waals surface area contributed by atoms with Crippen LogP contribution < -0.4 is 10.0 Å². The summed E-state index contributed by atoms with van der Waals surface area (Å²) < 4.78 is 47.7. The predicted octanol–water partition coefficient (Wildman–Crippen LogP) is -0.845. The van der Waals surface area contributed by atoms with Crippen molar-refractivity contribution >= 4 is 16.1 Å². The first-order valence-corrected chi connectivity index (χ1v) is 10.2. The molecule has 1 saturated heterocycles. The lowest BCUT2D eigenvalue weighted by atomic mass is 9.66. The molecule has 3 fully saturated rings. The molecule has 3 rings (SSSR count). The van der Waals surface area contributed by atoms with Crippen molar-refractivity contribution in [2.45, 2.75) is 50.1 Å². The number of fused-ring (bicyclic) bond motifs is 1. The Morgan fingerprint density at radius 3 is 2.80 bits per heavy atom. The van der Waals surface area contributed by atoms with Gasteiger partial charge in [-0.25, -0.2) is 9.11 Å². The summed E-state index contributed by atoms with van der Waals surface area (Å²) in [5.41, 5.74) is 0. The number of likely N-dealkylation sites (N-methyl/N-ethyl adjacent to an activating group) is 1. The van der Waals surface area contributed by atoms with Gasteiger partial charge in [0.25, 0.3) is 0 Å². The van der Waals surface area contributed by atoms with Crippen molar-refractivity contribution < 1.29 is 27.4 Å². The SMILES string of the molecule is CNCCOC1CCC2CC(O)C(N3CC(=O)NS3(=O)=O)C(F)C2C1. The third kappa shape index (κ3) is 3.82. The van der Waals surface area contributed by atoms with Crippen molar-refractivity contribution in [3.8, 4) is 0 Å². The average Bonchev–Trinajstić information content (AvgIpc) is 2.81. The van der Waals surface area contributed by atoms with E-state index in [2.05, 4.69) is 5.32 Å². The number of amides is 1. The number of hydrogen-bond donors (Lipinski definition) is 3. The number of hydrogen-bond acceptors (Lipinski definition) is 6. The van der Waals surface area contributed by atoms with Gasteiger partial charge in [-0.05, 0) is 44.6 Å². The first-order chi connectivity index (χ1) is 11.8. The molecule has 0 aromatic carbocycles. The molecular weight excluding hydrogens is 353 g/mol. The highest BCUT2D eigenvalue weighted by Crippen LogP contribution is 2.44. The van der Waals surface area contributed by atoms with Gasteiger partial charge in [0, 0.05) is 6.54 Å². The van der Waals surface area contributed by atoms with Crippen LogP contribution in [-0.2, 0) is 19.7 Å². The molecule has 2 aliphatic carbocycles. The molecule has 8 nitrogen and oxygen atoms in total. The van der Waals surface area contributed by atoms with Crippen LogP contribution in [0.4, 0.5) is 4.39 Å². The number of nitrogens with one attached hydrogen (secondary N) is 2. The first kappa shape index (κ1) is 19.0. The fraction of sp³-hybridized carbons (Fsp3) is 0.933. The van der Waals surface area contributed by atoms with E-state index in [1.54, 1.807) is 0 Å². The second-order valence-corrected chi connectivity index (χ2v) is 8.77. The topological polar surface area (TPSA) is 108 Å². The smallest absolute Gasteiger partial charge is 0.304 e. The minimum absolute atomic E-state index is 0.0133. The van der Waals surface area contributed by atoms with Gasteiger partial charge in [0.1, 0.15) is 6.17 Å². The van der Waals surface area contributed by atoms with Crippen molar-refractivity contribution in [3.05, 3.63) is 0 Å². The van der Waals surface area contributed by atoms with E-state index in [9.17, 15) is 18.3 Å². The van der Waals surface area contributed by atoms with Gasteiger partial charge in [0.05, 0.1) is 31.4 Å². The van der Waals surface area contributed by atoms with Gasteiger partial charge in [0.15, 0.2) is 0 Å². The second-order valence-electron chi connectivity index (χ2n) is 7.15. The highest BCUT2D eigenvalue weighted by Gasteiger charge is 2.53. The number of halogens is 1. The lowest BCUT2D eigenvalue weighted by Gasteiger charge is -2.47. The van der Waals surface area contributed by atoms with Gasteiger partial charge >= 0.3 is 10.2 Å². The van der Waals surface area contributed by atoms with Crippen LogP contribution in [0.1, 0.15) is 25.7 Å². The maximum absolute atomic E-state index is 15.2. The van der Waals surface area contributed by atoms with Crippen LogP contribution in [0.5, 0.6) is 0 Å². The Morgan fingerprint density at radius 2 is 2.16 bits per heavy atom. The summed E-state index contributed by atoms with van der Waals surface area (Å²) in [6, 6.07) is -1.22. The molecule has 0 radical (unpaired) electrons. The molecule has 1 heterocycles. The Morgan fingerprint density at radius 1 is 1.40 bits per heavy atom. The van der Waals surface area contributed by atoms with Crippen molar-refractivity contribution in [2.75, 3.05) is 26.7 Å². The molecule has 0 aromatic heterocycles. The predicted molar refractivity (Wildman–Crippen MR) is 87.6 cm³/mol. The molecule has 1 aliphatic heterocycles. The van der Waals surface area contributed by atoms with Crippen LogP contribution in [0.3, 0.4) is 0 Å². The quantitative estimate of drug-likeness (QED) is 0.538. The summed E-state index contributed by atoms with van der Waals surface area (Å²) in [7, 11) is -2.25. The number of aliphatic hydroxyl groups excluding tert-OH is 1. The molecule has 1 amide bonds. The highest BCUT2D eigenvalue weighted by molar-refractivity contribution is 7.88. The molecule has 0 aromatic rings. The minimum atomic E-state index is -4.08. The van der Waals surface area contributed by atoms with Gasteiger partial charge in [-0.3, -0.25) is 4.79 Å². The number of rotatable bonds is 5. The normalized spacial score (nSPS) is 41.3. The van der Waals surface area contributed by atoms with E-state index in [0.29, 0.717) is 26.0 Å². The van der Waals surface area contributed by atoms with E-state index in [1.807, 2.05) is 11.8 Å². The van der Waals surface area contributed by atoms with Crippen LogP contribution in [0.2, 0.25) is 0 Å². The third-order valence-corrected chi connectivity index (χ3v) is 7.04. The fourth-order valence-corrected chi connectivity index (χ4v) is 5.72. The Balaban J connectivity index is 1.72. The van der Waals surface area contributed by atoms with Gasteiger partial charge in [-0.1, -0.05) is 0 Å². The highest BCUT2D eigenvalue weighted by atomic mass is 32.2. The van der Waals surface area contributed by atoms with Gasteiger partial charge in [-0.15, -0.1) is 0 Å². The van der Waals surface area contributed by atoms with Crippen LogP contribution >= 0.6 is 0 Å². The van der Waals surface area contributed by atoms with Crippen molar-refractivity contribution in [1.82, 2.24) is 14.3 Å². The van der Waals surface area contributed by atoms with Crippen LogP contribution in [0, 0.1) is 11.8 Å². The van der Waals surface area contributed by atoms with Crippen molar-refractivity contribution in [3.63, 3.8) is 0 Å². The third-order valence-electron chi connectivity index (χ3n) is 5.56. The molecule has 10 heteroatoms. The Bertz CT molecular complexity index is 604. The van der Waals surface area contributed by atoms with Crippen molar-refractivity contribution in [1.29, 1.82) is 0 Å². The van der Waals surface area contributed by atoms with Crippen LogP contribution in [0.15, 0.2) is 0 Å². The number of alkyl halides is 1. The molecule has 0 bridgehead atoms. The van der Waals surface area contributed by atoms with Crippen molar-refractivity contribution in [2.24, 2.45) is 11.8 Å². The lowest BCUT2D eigenvalue weighted by Crippen LogP contribution is -2.59. The standard InChI is InChI=1S/C15H26FN3O5S/c1-17-4-5-24-10-3-2-9-6-12(20)15(14(16)11(9)7-10)19-8-13(21)18-25(19,22)23/h9-12,14-15,17,20H,2-8H2,1H3,(H,18,21). The van der Waals surface area contributed by atoms with E-state index in [-0.39, 0.29) is 17.9 Å². The number of carbonyl (C=O) groups is 1. The van der Waals surface area contributed by atoms with Gasteiger partial charge in [0.2, 0.25) is 5.91 Å². The summed E-state index contributed by atoms with van der Waals surface area (Å²) >= 11 is 0. The summed E-state index contributed by atoms with van der Waals surface area (Å²) in [4.78, 5) is 11.4. The van der Waals surface area contributed by atoms with Gasteiger partial charge < -0.3 is 15.2 Å². The van der Waals surface area contributed by atoms with Crippen LogP contribution in [-0.4, -0.2) is 74.9 Å². The van der Waals surface area contributed by atoms with E-state index in [0.717, 1.165) is 17.1 Å². The second kappa shape index (κ2) is 7.43. The number of ether oxygens (including phenoxy) is 1. The largest absolute Gasteiger partial charge is 0.391 e. The monoisotopic (exact) mass is 379 g/mol. The maximum atomic E-state index is 15.2. The number of aliphatic hydroxyl groups is 1. The molecule has 25 heavy (non-hydrogen) atoms. The maximum Gasteiger partial charge on any atom is 0.304 e. The van der Waals surface area contributed by atoms with Crippen LogP contribution in [0.25, 0.3) is 0 Å². The summed E-state index contributed by atoms with van der Waals surface area (Å²) in [5, 5.41) is 13.4. The molecular formula is C15H26FN3O5S. The first-order valence-electron chi connectivity index (χ1n) is 8.74. The summed E-state index contributed by atoms with van der Waals surface area (Å²) in [5.74, 6) is -1.05. The zero-order chi connectivity index (χ0) is 18.2. The zero-order valence-electron chi connectivity index (χ0n) is 14.2. The Labute approximate surface area is 147 Å². The van der Waals surface area contributed by atoms with Gasteiger partial charge in [-0.2, -0.15) is 12.7 Å². The fourth-order valence-electron chi connectivity index (χ4n) is 4.38. The lowest BCUT2D eigenvalue weighted by molar-refractivity contribution is -0.120. The Hall–Kier alpha value is -0.810. The van der Waals surface area contributed by atoms with E-state index >= 15 is 4.39 Å². The molecule has 3 N–H and O–H groups in total. The zero-order valence-corrected chi connectivity index (χ0v) is 15.0. The number of nitrogens with zero attached hydrogens (tertiary/aromatic N) is 1.